The zero-order chi connectivity index (χ0) is 12.3. The summed E-state index contributed by atoms with van der Waals surface area (Å²) in [6, 6.07) is 0. The summed E-state index contributed by atoms with van der Waals surface area (Å²) in [6.45, 7) is 6.37. The van der Waals surface area contributed by atoms with Crippen molar-refractivity contribution < 1.29 is 4.79 Å². The fourth-order valence-corrected chi connectivity index (χ4v) is 2.48. The molecule has 1 N–H and O–H groups in total. The maximum atomic E-state index is 11.8. The van der Waals surface area contributed by atoms with Gasteiger partial charge in [0.2, 0.25) is 5.91 Å². The summed E-state index contributed by atoms with van der Waals surface area (Å²) in [5.41, 5.74) is 0.949. The van der Waals surface area contributed by atoms with E-state index in [1.165, 1.54) is 11.3 Å². The van der Waals surface area contributed by atoms with Gasteiger partial charge in [0.15, 0.2) is 5.13 Å². The third-order valence-corrected chi connectivity index (χ3v) is 3.70. The van der Waals surface area contributed by atoms with Crippen molar-refractivity contribution in [2.45, 2.75) is 6.92 Å². The number of thiazole rings is 1. The lowest BCUT2D eigenvalue weighted by atomic mass is 10.3. The van der Waals surface area contributed by atoms with E-state index in [4.69, 9.17) is 0 Å². The van der Waals surface area contributed by atoms with Crippen LogP contribution in [0.3, 0.4) is 0 Å². The summed E-state index contributed by atoms with van der Waals surface area (Å²) in [5.74, 6) is 0.0314. The molecule has 0 bridgehead atoms. The first-order valence-electron chi connectivity index (χ1n) is 5.76. The summed E-state index contributed by atoms with van der Waals surface area (Å²) in [6.07, 6.45) is 0. The van der Waals surface area contributed by atoms with Crippen LogP contribution in [-0.4, -0.2) is 60.5 Å². The van der Waals surface area contributed by atoms with Crippen molar-refractivity contribution in [3.63, 3.8) is 0 Å². The lowest BCUT2D eigenvalue weighted by Crippen LogP contribution is -2.47. The van der Waals surface area contributed by atoms with Crippen LogP contribution in [0.25, 0.3) is 0 Å². The molecule has 1 fully saturated rings. The molecule has 1 aromatic heterocycles. The van der Waals surface area contributed by atoms with Crippen LogP contribution in [0.4, 0.5) is 5.13 Å². The van der Waals surface area contributed by atoms with Gasteiger partial charge in [0.05, 0.1) is 12.2 Å². The maximum absolute atomic E-state index is 11.8. The molecule has 6 heteroatoms. The van der Waals surface area contributed by atoms with E-state index in [2.05, 4.69) is 27.1 Å². The van der Waals surface area contributed by atoms with Crippen molar-refractivity contribution in [3.8, 4) is 0 Å². The third kappa shape index (κ3) is 3.76. The Hall–Kier alpha value is -0.980. The number of aromatic nitrogens is 1. The van der Waals surface area contributed by atoms with Crippen LogP contribution in [0.15, 0.2) is 5.38 Å². The topological polar surface area (TPSA) is 48.5 Å². The Bertz CT molecular complexity index is 385. The number of likely N-dealkylation sites (N-methyl/N-ethyl adjacent to an activating group) is 1. The Morgan fingerprint density at radius 1 is 1.47 bits per heavy atom. The third-order valence-electron chi connectivity index (χ3n) is 2.83. The smallest absolute Gasteiger partial charge is 0.240 e. The number of rotatable bonds is 3. The number of hydrogen-bond acceptors (Lipinski definition) is 5. The van der Waals surface area contributed by atoms with Gasteiger partial charge in [-0.05, 0) is 14.0 Å². The Labute approximate surface area is 105 Å². The number of nitrogens with zero attached hydrogens (tertiary/aromatic N) is 3. The predicted molar refractivity (Wildman–Crippen MR) is 69.4 cm³/mol. The van der Waals surface area contributed by atoms with E-state index < -0.39 is 0 Å². The molecule has 1 aromatic rings. The molecule has 0 atom stereocenters. The van der Waals surface area contributed by atoms with E-state index in [1.54, 1.807) is 0 Å². The largest absolute Gasteiger partial charge is 0.304 e. The molecule has 1 aliphatic heterocycles. The van der Waals surface area contributed by atoms with Crippen LogP contribution in [0.2, 0.25) is 0 Å². The molecule has 0 unspecified atom stereocenters. The molecule has 0 aromatic carbocycles. The highest BCUT2D eigenvalue weighted by atomic mass is 32.1. The van der Waals surface area contributed by atoms with E-state index in [-0.39, 0.29) is 5.91 Å². The molecule has 0 aliphatic carbocycles. The molecule has 17 heavy (non-hydrogen) atoms. The molecule has 0 saturated carbocycles. The molecule has 1 amide bonds. The van der Waals surface area contributed by atoms with E-state index in [0.29, 0.717) is 11.7 Å². The summed E-state index contributed by atoms with van der Waals surface area (Å²) in [7, 11) is 2.11. The number of amides is 1. The Kier molecular flexibility index (Phi) is 4.09. The molecule has 2 heterocycles. The molecular weight excluding hydrogens is 236 g/mol. The zero-order valence-electron chi connectivity index (χ0n) is 10.3. The Balaban J connectivity index is 1.77. The minimum atomic E-state index is 0.0314. The second-order valence-corrected chi connectivity index (χ2v) is 5.28. The van der Waals surface area contributed by atoms with Crippen LogP contribution < -0.4 is 5.32 Å². The highest BCUT2D eigenvalue weighted by molar-refractivity contribution is 7.13. The number of carbonyl (C=O) groups is 1. The van der Waals surface area contributed by atoms with Gasteiger partial charge < -0.3 is 10.2 Å². The molecule has 2 rings (SSSR count). The molecule has 1 saturated heterocycles. The fraction of sp³-hybridized carbons (Fsp3) is 0.636. The molecule has 0 radical (unpaired) electrons. The molecule has 94 valence electrons. The van der Waals surface area contributed by atoms with Crippen molar-refractivity contribution >= 4 is 22.4 Å². The zero-order valence-corrected chi connectivity index (χ0v) is 11.1. The van der Waals surface area contributed by atoms with Crippen molar-refractivity contribution in [1.29, 1.82) is 0 Å². The summed E-state index contributed by atoms with van der Waals surface area (Å²) >= 11 is 1.47. The van der Waals surface area contributed by atoms with Crippen molar-refractivity contribution in [2.24, 2.45) is 0 Å². The van der Waals surface area contributed by atoms with Crippen LogP contribution in [0.5, 0.6) is 0 Å². The van der Waals surface area contributed by atoms with E-state index in [9.17, 15) is 4.79 Å². The lowest BCUT2D eigenvalue weighted by molar-refractivity contribution is -0.117. The van der Waals surface area contributed by atoms with Gasteiger partial charge in [-0.15, -0.1) is 11.3 Å². The molecule has 0 spiro atoms. The minimum Gasteiger partial charge on any atom is -0.304 e. The first kappa shape index (κ1) is 12.5. The van der Waals surface area contributed by atoms with Crippen LogP contribution in [0, 0.1) is 6.92 Å². The number of hydrogen-bond donors (Lipinski definition) is 1. The van der Waals surface area contributed by atoms with Gasteiger partial charge in [-0.1, -0.05) is 0 Å². The SMILES string of the molecule is Cc1csc(NC(=O)CN2CCN(C)CC2)n1. The van der Waals surface area contributed by atoms with E-state index >= 15 is 0 Å². The predicted octanol–water partition coefficient (Wildman–Crippen LogP) is 0.637. The quantitative estimate of drug-likeness (QED) is 0.860. The van der Waals surface area contributed by atoms with Crippen LogP contribution in [0.1, 0.15) is 5.69 Å². The normalized spacial score (nSPS) is 18.2. The first-order chi connectivity index (χ1) is 8.13. The highest BCUT2D eigenvalue weighted by Crippen LogP contribution is 2.14. The average molecular weight is 254 g/mol. The van der Waals surface area contributed by atoms with Crippen molar-refractivity contribution in [2.75, 3.05) is 45.1 Å². The number of nitrogens with one attached hydrogen (secondary N) is 1. The molecular formula is C11H18N4OS. The Morgan fingerprint density at radius 3 is 2.76 bits per heavy atom. The molecule has 1 aliphatic rings. The summed E-state index contributed by atoms with van der Waals surface area (Å²) < 4.78 is 0. The highest BCUT2D eigenvalue weighted by Gasteiger charge is 2.16. The van der Waals surface area contributed by atoms with Gasteiger partial charge in [0.1, 0.15) is 0 Å². The standard InChI is InChI=1S/C11H18N4OS/c1-9-8-17-11(12-9)13-10(16)7-15-5-3-14(2)4-6-15/h8H,3-7H2,1-2H3,(H,12,13,16). The second-order valence-electron chi connectivity index (χ2n) is 4.42. The molecule has 5 nitrogen and oxygen atoms in total. The van der Waals surface area contributed by atoms with Gasteiger partial charge in [0.25, 0.3) is 0 Å². The van der Waals surface area contributed by atoms with E-state index in [0.717, 1.165) is 31.9 Å². The fourth-order valence-electron chi connectivity index (χ4n) is 1.78. The second kappa shape index (κ2) is 5.57. The van der Waals surface area contributed by atoms with Gasteiger partial charge in [0, 0.05) is 31.6 Å². The van der Waals surface area contributed by atoms with E-state index in [1.807, 2.05) is 12.3 Å². The number of anilines is 1. The lowest BCUT2D eigenvalue weighted by Gasteiger charge is -2.31. The number of aryl methyl sites for hydroxylation is 1. The average Bonchev–Trinajstić information content (AvgIpc) is 2.67. The number of carbonyl (C=O) groups excluding carboxylic acids is 1. The van der Waals surface area contributed by atoms with Gasteiger partial charge >= 0.3 is 0 Å². The summed E-state index contributed by atoms with van der Waals surface area (Å²) in [4.78, 5) is 20.4. The van der Waals surface area contributed by atoms with Gasteiger partial charge in [-0.25, -0.2) is 4.98 Å². The van der Waals surface area contributed by atoms with Crippen LogP contribution in [-0.2, 0) is 4.79 Å². The first-order valence-corrected chi connectivity index (χ1v) is 6.64. The van der Waals surface area contributed by atoms with Gasteiger partial charge in [-0.2, -0.15) is 0 Å². The van der Waals surface area contributed by atoms with Crippen molar-refractivity contribution in [1.82, 2.24) is 14.8 Å². The summed E-state index contributed by atoms with van der Waals surface area (Å²) in [5, 5.41) is 5.47. The van der Waals surface area contributed by atoms with Gasteiger partial charge in [-0.3, -0.25) is 9.69 Å². The van der Waals surface area contributed by atoms with Crippen LogP contribution >= 0.6 is 11.3 Å². The Morgan fingerprint density at radius 2 is 2.18 bits per heavy atom. The van der Waals surface area contributed by atoms with Crippen molar-refractivity contribution in [3.05, 3.63) is 11.1 Å². The number of piperazine rings is 1. The maximum Gasteiger partial charge on any atom is 0.240 e. The minimum absolute atomic E-state index is 0.0314. The monoisotopic (exact) mass is 254 g/mol.